The smallest absolute Gasteiger partial charge is 0.325 e. The van der Waals surface area contributed by atoms with Crippen LogP contribution in [0.5, 0.6) is 0 Å². The van der Waals surface area contributed by atoms with Crippen LogP contribution in [0.2, 0.25) is 0 Å². The van der Waals surface area contributed by atoms with Crippen molar-refractivity contribution in [2.45, 2.75) is 36.8 Å². The molecular formula is C22H24O6S. The summed E-state index contributed by atoms with van der Waals surface area (Å²) in [4.78, 5) is 26.0. The topological polar surface area (TPSA) is 86.7 Å². The van der Waals surface area contributed by atoms with E-state index in [1.165, 1.54) is 12.1 Å². The number of benzene rings is 2. The number of hydrogen-bond donors (Lipinski definition) is 0. The SMILES string of the molecule is CCOC(=O)C1(C(=O)OCC)[C@H](S(=O)(=O)c2ccccc2)[C@@H]1c1ccc(C)cc1. The normalized spacial score (nSPS) is 20.0. The number of esters is 2. The minimum Gasteiger partial charge on any atom is -0.465 e. The quantitative estimate of drug-likeness (QED) is 0.509. The van der Waals surface area contributed by atoms with Gasteiger partial charge in [-0.05, 0) is 38.5 Å². The fraction of sp³-hybridized carbons (Fsp3) is 0.364. The van der Waals surface area contributed by atoms with Gasteiger partial charge in [-0.1, -0.05) is 48.0 Å². The summed E-state index contributed by atoms with van der Waals surface area (Å²) in [6, 6.07) is 15.0. The highest BCUT2D eigenvalue weighted by atomic mass is 32.2. The summed E-state index contributed by atoms with van der Waals surface area (Å²) in [5, 5.41) is -1.29. The minimum atomic E-state index is -4.01. The van der Waals surface area contributed by atoms with Crippen LogP contribution >= 0.6 is 0 Å². The monoisotopic (exact) mass is 416 g/mol. The first-order chi connectivity index (χ1) is 13.8. The number of aryl methyl sites for hydroxylation is 1. The molecule has 1 aliphatic rings. The third-order valence-corrected chi connectivity index (χ3v) is 7.44. The molecule has 1 saturated carbocycles. The fourth-order valence-electron chi connectivity index (χ4n) is 3.82. The van der Waals surface area contributed by atoms with Gasteiger partial charge in [0.15, 0.2) is 15.3 Å². The van der Waals surface area contributed by atoms with Crippen LogP contribution in [0.25, 0.3) is 0 Å². The molecule has 0 amide bonds. The van der Waals surface area contributed by atoms with Crippen LogP contribution in [0, 0.1) is 12.3 Å². The molecule has 0 aromatic heterocycles. The van der Waals surface area contributed by atoms with E-state index < -0.39 is 38.4 Å². The summed E-state index contributed by atoms with van der Waals surface area (Å²) in [6.45, 7) is 5.18. The van der Waals surface area contributed by atoms with Gasteiger partial charge in [0.1, 0.15) is 5.25 Å². The first-order valence-electron chi connectivity index (χ1n) is 9.51. The lowest BCUT2D eigenvalue weighted by molar-refractivity contribution is -0.164. The Bertz CT molecular complexity index is 977. The molecule has 29 heavy (non-hydrogen) atoms. The molecule has 0 unspecified atom stereocenters. The zero-order valence-corrected chi connectivity index (χ0v) is 17.4. The molecular weight excluding hydrogens is 392 g/mol. The highest BCUT2D eigenvalue weighted by Crippen LogP contribution is 2.65. The highest BCUT2D eigenvalue weighted by Gasteiger charge is 2.81. The Balaban J connectivity index is 2.19. The predicted molar refractivity (Wildman–Crippen MR) is 107 cm³/mol. The Labute approximate surface area is 170 Å². The number of carbonyl (C=O) groups is 2. The Kier molecular flexibility index (Phi) is 5.80. The number of ether oxygens (including phenoxy) is 2. The van der Waals surface area contributed by atoms with E-state index in [-0.39, 0.29) is 18.1 Å². The molecule has 0 N–H and O–H groups in total. The molecule has 2 aromatic carbocycles. The van der Waals surface area contributed by atoms with E-state index in [1.54, 1.807) is 44.2 Å². The van der Waals surface area contributed by atoms with E-state index in [4.69, 9.17) is 9.47 Å². The highest BCUT2D eigenvalue weighted by molar-refractivity contribution is 7.92. The number of carbonyl (C=O) groups excluding carboxylic acids is 2. The van der Waals surface area contributed by atoms with E-state index in [0.29, 0.717) is 5.56 Å². The van der Waals surface area contributed by atoms with Crippen LogP contribution < -0.4 is 0 Å². The van der Waals surface area contributed by atoms with Crippen LogP contribution in [0.3, 0.4) is 0 Å². The average Bonchev–Trinajstić information content (AvgIpc) is 3.42. The maximum absolute atomic E-state index is 13.5. The van der Waals surface area contributed by atoms with E-state index in [9.17, 15) is 18.0 Å². The van der Waals surface area contributed by atoms with Gasteiger partial charge in [-0.2, -0.15) is 0 Å². The van der Waals surface area contributed by atoms with Crippen molar-refractivity contribution < 1.29 is 27.5 Å². The number of hydrogen-bond acceptors (Lipinski definition) is 6. The maximum Gasteiger partial charge on any atom is 0.325 e. The number of rotatable bonds is 7. The van der Waals surface area contributed by atoms with E-state index >= 15 is 0 Å². The Morgan fingerprint density at radius 2 is 1.41 bits per heavy atom. The van der Waals surface area contributed by atoms with E-state index in [0.717, 1.165) is 5.56 Å². The summed E-state index contributed by atoms with van der Waals surface area (Å²) in [5.74, 6) is -2.62. The minimum absolute atomic E-state index is 0.0265. The third-order valence-electron chi connectivity index (χ3n) is 5.20. The van der Waals surface area contributed by atoms with Crippen molar-refractivity contribution >= 4 is 21.8 Å². The zero-order valence-electron chi connectivity index (χ0n) is 16.6. The molecule has 154 valence electrons. The van der Waals surface area contributed by atoms with Crippen molar-refractivity contribution in [1.29, 1.82) is 0 Å². The predicted octanol–water partition coefficient (Wildman–Crippen LogP) is 3.05. The van der Waals surface area contributed by atoms with Crippen LogP contribution in [0.15, 0.2) is 59.5 Å². The van der Waals surface area contributed by atoms with E-state index in [2.05, 4.69) is 0 Å². The largest absolute Gasteiger partial charge is 0.465 e. The Hall–Kier alpha value is -2.67. The summed E-state index contributed by atoms with van der Waals surface area (Å²) >= 11 is 0. The second-order valence-electron chi connectivity index (χ2n) is 6.98. The zero-order chi connectivity index (χ0) is 21.2. The molecule has 7 heteroatoms. The van der Waals surface area contributed by atoms with Gasteiger partial charge >= 0.3 is 11.9 Å². The molecule has 0 radical (unpaired) electrons. The van der Waals surface area contributed by atoms with Crippen molar-refractivity contribution in [3.8, 4) is 0 Å². The molecule has 0 aliphatic heterocycles. The van der Waals surface area contributed by atoms with Gasteiger partial charge in [0, 0.05) is 5.92 Å². The van der Waals surface area contributed by atoms with Gasteiger partial charge in [-0.15, -0.1) is 0 Å². The molecule has 0 heterocycles. The van der Waals surface area contributed by atoms with Gasteiger partial charge < -0.3 is 9.47 Å². The molecule has 1 aliphatic carbocycles. The van der Waals surface area contributed by atoms with Crippen LogP contribution in [-0.2, 0) is 28.9 Å². The second kappa shape index (κ2) is 7.99. The van der Waals surface area contributed by atoms with Crippen molar-refractivity contribution in [1.82, 2.24) is 0 Å². The first kappa shape index (κ1) is 21.0. The number of sulfone groups is 1. The van der Waals surface area contributed by atoms with Crippen molar-refractivity contribution in [2.75, 3.05) is 13.2 Å². The third kappa shape index (κ3) is 3.44. The van der Waals surface area contributed by atoms with Crippen molar-refractivity contribution in [3.05, 3.63) is 65.7 Å². The Morgan fingerprint density at radius 3 is 1.90 bits per heavy atom. The molecule has 2 aromatic rings. The fourth-order valence-corrected chi connectivity index (χ4v) is 6.13. The molecule has 0 spiro atoms. The van der Waals surface area contributed by atoms with Gasteiger partial charge in [0.25, 0.3) is 0 Å². The van der Waals surface area contributed by atoms with Gasteiger partial charge in [-0.25, -0.2) is 8.42 Å². The lowest BCUT2D eigenvalue weighted by Gasteiger charge is -2.15. The molecule has 0 saturated heterocycles. The molecule has 2 atom stereocenters. The molecule has 6 nitrogen and oxygen atoms in total. The van der Waals surface area contributed by atoms with Crippen molar-refractivity contribution in [3.63, 3.8) is 0 Å². The van der Waals surface area contributed by atoms with Crippen LogP contribution in [-0.4, -0.2) is 38.8 Å². The standard InChI is InChI=1S/C22H24O6S/c1-4-27-20(23)22(21(24)28-5-2)18(16-13-11-15(3)12-14-16)19(22)29(25,26)17-9-7-6-8-10-17/h6-14,18-19H,4-5H2,1-3H3/t18-,19+/m0/s1. The van der Waals surface area contributed by atoms with Gasteiger partial charge in [0.05, 0.1) is 18.1 Å². The molecule has 1 fully saturated rings. The first-order valence-corrected chi connectivity index (χ1v) is 11.1. The summed E-state index contributed by atoms with van der Waals surface area (Å²) in [6.07, 6.45) is 0. The second-order valence-corrected chi connectivity index (χ2v) is 9.05. The van der Waals surface area contributed by atoms with Gasteiger partial charge in [-0.3, -0.25) is 9.59 Å². The maximum atomic E-state index is 13.5. The van der Waals surface area contributed by atoms with E-state index in [1.807, 2.05) is 19.1 Å². The van der Waals surface area contributed by atoms with Crippen LogP contribution in [0.1, 0.15) is 30.9 Å². The Morgan fingerprint density at radius 1 is 0.897 bits per heavy atom. The van der Waals surface area contributed by atoms with Crippen molar-refractivity contribution in [2.24, 2.45) is 5.41 Å². The summed E-state index contributed by atoms with van der Waals surface area (Å²) in [5.41, 5.74) is -0.355. The molecule has 0 bridgehead atoms. The molecule has 3 rings (SSSR count). The summed E-state index contributed by atoms with van der Waals surface area (Å²) in [7, 11) is -4.01. The van der Waals surface area contributed by atoms with Gasteiger partial charge in [0.2, 0.25) is 0 Å². The summed E-state index contributed by atoms with van der Waals surface area (Å²) < 4.78 is 37.3. The lowest BCUT2D eigenvalue weighted by atomic mass is 9.98. The van der Waals surface area contributed by atoms with Crippen LogP contribution in [0.4, 0.5) is 0 Å². The average molecular weight is 416 g/mol. The lowest BCUT2D eigenvalue weighted by Crippen LogP contribution is -2.35.